The topological polar surface area (TPSA) is 46.1 Å². The van der Waals surface area contributed by atoms with Gasteiger partial charge in [-0.25, -0.2) is 4.98 Å². The van der Waals surface area contributed by atoms with Crippen LogP contribution in [0.5, 0.6) is 0 Å². The highest BCUT2D eigenvalue weighted by molar-refractivity contribution is 6.24. The molecule has 0 bridgehead atoms. The summed E-state index contributed by atoms with van der Waals surface area (Å²) in [6, 6.07) is 0. The third-order valence-corrected chi connectivity index (χ3v) is 2.48. The summed E-state index contributed by atoms with van der Waals surface area (Å²) in [7, 11) is 0. The van der Waals surface area contributed by atoms with Crippen LogP contribution < -0.4 is 4.90 Å². The van der Waals surface area contributed by atoms with Crippen LogP contribution in [0.3, 0.4) is 0 Å². The fourth-order valence-corrected chi connectivity index (χ4v) is 1.80. The smallest absolute Gasteiger partial charge is 0.229 e. The molecule has 0 saturated carbocycles. The third kappa shape index (κ3) is 1.57. The van der Waals surface area contributed by atoms with E-state index < -0.39 is 0 Å². The maximum atomic E-state index is 11.5. The first kappa shape index (κ1) is 9.40. The van der Waals surface area contributed by atoms with E-state index in [9.17, 15) is 4.79 Å². The molecule has 74 valence electrons. The molecule has 4 nitrogen and oxygen atoms in total. The molecule has 1 unspecified atom stereocenters. The van der Waals surface area contributed by atoms with E-state index in [2.05, 4.69) is 9.97 Å². The van der Waals surface area contributed by atoms with Gasteiger partial charge in [-0.1, -0.05) is 0 Å². The molecular weight excluding hydrogens is 202 g/mol. The van der Waals surface area contributed by atoms with Crippen LogP contribution in [-0.4, -0.2) is 27.8 Å². The molecule has 0 N–H and O–H groups in total. The highest BCUT2D eigenvalue weighted by atomic mass is 35.5. The molecule has 5 heteroatoms. The van der Waals surface area contributed by atoms with Gasteiger partial charge in [-0.15, -0.1) is 11.6 Å². The van der Waals surface area contributed by atoms with Gasteiger partial charge < -0.3 is 0 Å². The Kier molecular flexibility index (Phi) is 2.37. The summed E-state index contributed by atoms with van der Waals surface area (Å²) in [5.74, 6) is 0.647. The molecule has 14 heavy (non-hydrogen) atoms. The van der Waals surface area contributed by atoms with Crippen molar-refractivity contribution < 1.29 is 4.79 Å². The first-order valence-corrected chi connectivity index (χ1v) is 4.84. The lowest BCUT2D eigenvalue weighted by Gasteiger charge is -2.15. The molecule has 1 amide bonds. The van der Waals surface area contributed by atoms with E-state index in [1.165, 1.54) is 0 Å². The first-order chi connectivity index (χ1) is 6.68. The minimum absolute atomic E-state index is 0.0219. The van der Waals surface area contributed by atoms with Crippen LogP contribution in [0.4, 0.5) is 5.82 Å². The molecule has 1 aliphatic rings. The molecule has 2 rings (SSSR count). The van der Waals surface area contributed by atoms with Crippen molar-refractivity contribution >= 4 is 23.3 Å². The molecule has 1 saturated heterocycles. The van der Waals surface area contributed by atoms with Gasteiger partial charge >= 0.3 is 0 Å². The monoisotopic (exact) mass is 211 g/mol. The van der Waals surface area contributed by atoms with Crippen molar-refractivity contribution in [2.75, 3.05) is 11.4 Å². The molecule has 0 aromatic carbocycles. The molecule has 1 aromatic rings. The van der Waals surface area contributed by atoms with E-state index >= 15 is 0 Å². The Balaban J connectivity index is 2.32. The summed E-state index contributed by atoms with van der Waals surface area (Å²) < 4.78 is 0. The van der Waals surface area contributed by atoms with Crippen LogP contribution >= 0.6 is 11.6 Å². The van der Waals surface area contributed by atoms with E-state index in [0.717, 1.165) is 5.69 Å². The quantitative estimate of drug-likeness (QED) is 0.655. The number of aromatic nitrogens is 2. The lowest BCUT2D eigenvalue weighted by Crippen LogP contribution is -2.26. The summed E-state index contributed by atoms with van der Waals surface area (Å²) in [6.07, 6.45) is 3.58. The molecular formula is C9H10ClN3O. The van der Waals surface area contributed by atoms with Crippen LogP contribution in [0.1, 0.15) is 12.1 Å². The number of nitrogens with zero attached hydrogens (tertiary/aromatic N) is 3. The summed E-state index contributed by atoms with van der Waals surface area (Å²) in [5, 5.41) is -0.107. The van der Waals surface area contributed by atoms with E-state index in [-0.39, 0.29) is 11.3 Å². The van der Waals surface area contributed by atoms with Crippen LogP contribution in [-0.2, 0) is 4.79 Å². The molecule has 0 aliphatic carbocycles. The number of aryl methyl sites for hydroxylation is 1. The number of hydrogen-bond donors (Lipinski definition) is 0. The van der Waals surface area contributed by atoms with Crippen LogP contribution in [0.2, 0.25) is 0 Å². The normalized spacial score (nSPS) is 21.7. The van der Waals surface area contributed by atoms with Gasteiger partial charge in [0.1, 0.15) is 0 Å². The van der Waals surface area contributed by atoms with Crippen molar-refractivity contribution in [3.63, 3.8) is 0 Å². The highest BCUT2D eigenvalue weighted by Crippen LogP contribution is 2.23. The van der Waals surface area contributed by atoms with E-state index in [1.807, 2.05) is 6.92 Å². The highest BCUT2D eigenvalue weighted by Gasteiger charge is 2.30. The number of carbonyl (C=O) groups is 1. The van der Waals surface area contributed by atoms with Gasteiger partial charge in [-0.05, 0) is 6.92 Å². The van der Waals surface area contributed by atoms with Crippen molar-refractivity contribution in [2.45, 2.75) is 18.7 Å². The fourth-order valence-electron chi connectivity index (χ4n) is 1.53. The second-order valence-corrected chi connectivity index (χ2v) is 3.89. The number of halogens is 1. The van der Waals surface area contributed by atoms with E-state index in [4.69, 9.17) is 11.6 Å². The molecule has 1 atom stereocenters. The number of rotatable bonds is 1. The minimum atomic E-state index is -0.107. The Morgan fingerprint density at radius 3 is 2.79 bits per heavy atom. The van der Waals surface area contributed by atoms with E-state index in [0.29, 0.717) is 18.8 Å². The summed E-state index contributed by atoms with van der Waals surface area (Å²) in [6.45, 7) is 2.36. The van der Waals surface area contributed by atoms with Gasteiger partial charge in [0.05, 0.1) is 11.1 Å². The SMILES string of the molecule is Cc1nccnc1N1CC(Cl)CC1=O. The Labute approximate surface area is 86.9 Å². The maximum Gasteiger partial charge on any atom is 0.229 e. The zero-order valence-electron chi connectivity index (χ0n) is 7.77. The predicted octanol–water partition coefficient (Wildman–Crippen LogP) is 1.13. The van der Waals surface area contributed by atoms with Crippen LogP contribution in [0.15, 0.2) is 12.4 Å². The van der Waals surface area contributed by atoms with Gasteiger partial charge in [0.25, 0.3) is 0 Å². The minimum Gasteiger partial charge on any atom is -0.294 e. The average Bonchev–Trinajstić information content (AvgIpc) is 2.46. The zero-order valence-corrected chi connectivity index (χ0v) is 8.53. The number of amides is 1. The van der Waals surface area contributed by atoms with Crippen molar-refractivity contribution in [2.24, 2.45) is 0 Å². The van der Waals surface area contributed by atoms with Crippen LogP contribution in [0, 0.1) is 6.92 Å². The second-order valence-electron chi connectivity index (χ2n) is 3.27. The van der Waals surface area contributed by atoms with Gasteiger partial charge in [-0.2, -0.15) is 0 Å². The summed E-state index contributed by atoms with van der Waals surface area (Å²) in [5.41, 5.74) is 0.756. The number of anilines is 1. The van der Waals surface area contributed by atoms with Gasteiger partial charge in [0.15, 0.2) is 5.82 Å². The standard InChI is InChI=1S/C9H10ClN3O/c1-6-9(12-3-2-11-6)13-5-7(10)4-8(13)14/h2-3,7H,4-5H2,1H3. The number of hydrogen-bond acceptors (Lipinski definition) is 3. The first-order valence-electron chi connectivity index (χ1n) is 4.40. The molecule has 1 fully saturated rings. The third-order valence-electron chi connectivity index (χ3n) is 2.19. The molecule has 1 aliphatic heterocycles. The van der Waals surface area contributed by atoms with Crippen molar-refractivity contribution in [1.82, 2.24) is 9.97 Å². The largest absolute Gasteiger partial charge is 0.294 e. The Hall–Kier alpha value is -1.16. The van der Waals surface area contributed by atoms with Gasteiger partial charge in [0, 0.05) is 25.4 Å². The summed E-state index contributed by atoms with van der Waals surface area (Å²) in [4.78, 5) is 21.3. The molecule has 1 aromatic heterocycles. The lowest BCUT2D eigenvalue weighted by molar-refractivity contribution is -0.117. The van der Waals surface area contributed by atoms with Gasteiger partial charge in [-0.3, -0.25) is 14.7 Å². The molecule has 0 spiro atoms. The fraction of sp³-hybridized carbons (Fsp3) is 0.444. The Morgan fingerprint density at radius 1 is 1.50 bits per heavy atom. The number of carbonyl (C=O) groups excluding carboxylic acids is 1. The Bertz CT molecular complexity index is 369. The van der Waals surface area contributed by atoms with Crippen LogP contribution in [0.25, 0.3) is 0 Å². The zero-order chi connectivity index (χ0) is 10.1. The number of alkyl halides is 1. The predicted molar refractivity (Wildman–Crippen MR) is 53.4 cm³/mol. The molecule has 0 radical (unpaired) electrons. The summed E-state index contributed by atoms with van der Waals surface area (Å²) >= 11 is 5.89. The lowest BCUT2D eigenvalue weighted by atomic mass is 10.4. The van der Waals surface area contributed by atoms with Crippen molar-refractivity contribution in [3.8, 4) is 0 Å². The van der Waals surface area contributed by atoms with Crippen molar-refractivity contribution in [3.05, 3.63) is 18.1 Å². The Morgan fingerprint density at radius 2 is 2.21 bits per heavy atom. The van der Waals surface area contributed by atoms with Gasteiger partial charge in [0.2, 0.25) is 5.91 Å². The molecule has 2 heterocycles. The van der Waals surface area contributed by atoms with Crippen molar-refractivity contribution in [1.29, 1.82) is 0 Å². The average molecular weight is 212 g/mol. The van der Waals surface area contributed by atoms with E-state index in [1.54, 1.807) is 17.3 Å². The maximum absolute atomic E-state index is 11.5. The second kappa shape index (κ2) is 3.53.